The van der Waals surface area contributed by atoms with Crippen molar-refractivity contribution in [2.24, 2.45) is 5.92 Å². The number of nitrogens with zero attached hydrogens (tertiary/aromatic N) is 3. The van der Waals surface area contributed by atoms with E-state index in [0.29, 0.717) is 30.9 Å². The lowest BCUT2D eigenvalue weighted by Crippen LogP contribution is -2.26. The van der Waals surface area contributed by atoms with Gasteiger partial charge in [-0.25, -0.2) is 9.37 Å². The van der Waals surface area contributed by atoms with Crippen LogP contribution in [0.4, 0.5) is 10.4 Å². The molecule has 2 aromatic carbocycles. The molecule has 2 N–H and O–H groups in total. The van der Waals surface area contributed by atoms with Crippen molar-refractivity contribution in [1.82, 2.24) is 14.5 Å². The van der Waals surface area contributed by atoms with Crippen molar-refractivity contribution in [1.29, 1.82) is 0 Å². The molecule has 2 aromatic heterocycles. The third kappa shape index (κ3) is 2.75. The van der Waals surface area contributed by atoms with E-state index in [2.05, 4.69) is 21.7 Å². The molecule has 0 unspecified atom stereocenters. The Hall–Kier alpha value is -3.09. The maximum Gasteiger partial charge on any atom is 0.292 e. The number of hydrogen-bond acceptors (Lipinski definition) is 5. The van der Waals surface area contributed by atoms with Crippen LogP contribution in [0.25, 0.3) is 33.5 Å². The minimum absolute atomic E-state index is 0.162. The molecule has 6 nitrogen and oxygen atoms in total. The van der Waals surface area contributed by atoms with Crippen molar-refractivity contribution in [3.8, 4) is 17.1 Å². The molecule has 0 spiro atoms. The highest BCUT2D eigenvalue weighted by Gasteiger charge is 2.29. The summed E-state index contributed by atoms with van der Waals surface area (Å²) in [7, 11) is 0. The Morgan fingerprint density at radius 3 is 2.90 bits per heavy atom. The number of halogens is 1. The van der Waals surface area contributed by atoms with Gasteiger partial charge in [0.2, 0.25) is 0 Å². The van der Waals surface area contributed by atoms with Crippen LogP contribution >= 0.6 is 0 Å². The van der Waals surface area contributed by atoms with Gasteiger partial charge in [0.25, 0.3) is 6.01 Å². The molecule has 0 radical (unpaired) electrons. The first-order valence-corrected chi connectivity index (χ1v) is 10.1. The lowest BCUT2D eigenvalue weighted by molar-refractivity contribution is 0.131. The third-order valence-corrected chi connectivity index (χ3v) is 6.02. The van der Waals surface area contributed by atoms with Gasteiger partial charge < -0.3 is 19.5 Å². The second kappa shape index (κ2) is 6.20. The van der Waals surface area contributed by atoms with E-state index in [-0.39, 0.29) is 6.01 Å². The third-order valence-electron chi connectivity index (χ3n) is 6.02. The molecule has 0 atom stereocenters. The van der Waals surface area contributed by atoms with Gasteiger partial charge in [0.15, 0.2) is 5.58 Å². The first kappa shape index (κ1) is 16.8. The summed E-state index contributed by atoms with van der Waals surface area (Å²) in [5.74, 6) is 2.18. The number of nitrogens with two attached hydrogens (primary N) is 1. The molecule has 148 valence electrons. The molecule has 7 heteroatoms. The Morgan fingerprint density at radius 1 is 1.14 bits per heavy atom. The monoisotopic (exact) mass is 392 g/mol. The molecule has 1 fully saturated rings. The number of oxazole rings is 1. The van der Waals surface area contributed by atoms with Crippen LogP contribution in [0.15, 0.2) is 34.7 Å². The molecular formula is C22H21FN4O2. The van der Waals surface area contributed by atoms with E-state index in [1.165, 1.54) is 5.56 Å². The highest BCUT2D eigenvalue weighted by atomic mass is 19.1. The highest BCUT2D eigenvalue weighted by molar-refractivity contribution is 5.88. The van der Waals surface area contributed by atoms with E-state index < -0.39 is 6.17 Å². The molecule has 1 saturated carbocycles. The lowest BCUT2D eigenvalue weighted by atomic mass is 9.79. The molecule has 0 bridgehead atoms. The zero-order valence-corrected chi connectivity index (χ0v) is 15.9. The molecular weight excluding hydrogens is 371 g/mol. The SMILES string of the molecule is Nc1nc2cc(-c3nc4cc(CC5CC(F)C5)cc5c4n3CCCO5)ccc2o1. The topological polar surface area (TPSA) is 79.1 Å². The summed E-state index contributed by atoms with van der Waals surface area (Å²) in [6, 6.07) is 10.2. The van der Waals surface area contributed by atoms with Crippen LogP contribution in [0.5, 0.6) is 5.75 Å². The molecule has 2 aliphatic rings. The summed E-state index contributed by atoms with van der Waals surface area (Å²) < 4.78 is 26.9. The van der Waals surface area contributed by atoms with Gasteiger partial charge in [-0.15, -0.1) is 0 Å². The maximum absolute atomic E-state index is 13.2. The zero-order chi connectivity index (χ0) is 19.5. The van der Waals surface area contributed by atoms with E-state index in [0.717, 1.165) is 53.1 Å². The fraction of sp³-hybridized carbons (Fsp3) is 0.364. The maximum atomic E-state index is 13.2. The molecule has 1 aliphatic carbocycles. The fourth-order valence-corrected chi connectivity index (χ4v) is 4.59. The Balaban J connectivity index is 1.48. The Bertz CT molecular complexity index is 1240. The summed E-state index contributed by atoms with van der Waals surface area (Å²) in [5, 5.41) is 0. The Morgan fingerprint density at radius 2 is 2.03 bits per heavy atom. The van der Waals surface area contributed by atoms with E-state index in [4.69, 9.17) is 19.9 Å². The zero-order valence-electron chi connectivity index (χ0n) is 15.9. The average Bonchev–Trinajstić information content (AvgIpc) is 3.14. The number of aromatic nitrogens is 3. The van der Waals surface area contributed by atoms with Gasteiger partial charge in [-0.3, -0.25) is 0 Å². The van der Waals surface area contributed by atoms with Gasteiger partial charge >= 0.3 is 0 Å². The number of alkyl halides is 1. The fourth-order valence-electron chi connectivity index (χ4n) is 4.59. The van der Waals surface area contributed by atoms with Crippen molar-refractivity contribution in [3.05, 3.63) is 35.9 Å². The predicted octanol–water partition coefficient (Wildman–Crippen LogP) is 4.50. The molecule has 1 aliphatic heterocycles. The summed E-state index contributed by atoms with van der Waals surface area (Å²) in [5.41, 5.74) is 11.2. The average molecular weight is 392 g/mol. The van der Waals surface area contributed by atoms with Crippen LogP contribution in [0.2, 0.25) is 0 Å². The number of aryl methyl sites for hydroxylation is 1. The van der Waals surface area contributed by atoms with E-state index in [1.54, 1.807) is 0 Å². The number of fused-ring (bicyclic) bond motifs is 1. The quantitative estimate of drug-likeness (QED) is 0.555. The van der Waals surface area contributed by atoms with Crippen molar-refractivity contribution in [3.63, 3.8) is 0 Å². The van der Waals surface area contributed by atoms with E-state index >= 15 is 0 Å². The molecule has 0 amide bonds. The van der Waals surface area contributed by atoms with Crippen LogP contribution in [0, 0.1) is 5.92 Å². The van der Waals surface area contributed by atoms with Crippen LogP contribution in [-0.4, -0.2) is 27.3 Å². The number of nitrogen functional groups attached to an aromatic ring is 1. The smallest absolute Gasteiger partial charge is 0.292 e. The molecule has 0 saturated heterocycles. The number of ether oxygens (including phenoxy) is 1. The number of anilines is 1. The number of rotatable bonds is 3. The number of imidazole rings is 1. The second-order valence-corrected chi connectivity index (χ2v) is 8.12. The van der Waals surface area contributed by atoms with Gasteiger partial charge in [-0.2, -0.15) is 4.98 Å². The van der Waals surface area contributed by atoms with Gasteiger partial charge in [0.05, 0.1) is 12.1 Å². The summed E-state index contributed by atoms with van der Waals surface area (Å²) >= 11 is 0. The van der Waals surface area contributed by atoms with Crippen LogP contribution in [-0.2, 0) is 13.0 Å². The first-order chi connectivity index (χ1) is 14.1. The predicted molar refractivity (Wildman–Crippen MR) is 109 cm³/mol. The van der Waals surface area contributed by atoms with Crippen molar-refractivity contribution >= 4 is 28.1 Å². The van der Waals surface area contributed by atoms with Gasteiger partial charge in [-0.05, 0) is 67.5 Å². The summed E-state index contributed by atoms with van der Waals surface area (Å²) in [6.07, 6.45) is 2.48. The summed E-state index contributed by atoms with van der Waals surface area (Å²) in [4.78, 5) is 9.20. The Labute approximate surface area is 166 Å². The molecule has 4 aromatic rings. The molecule has 29 heavy (non-hydrogen) atoms. The van der Waals surface area contributed by atoms with E-state index in [9.17, 15) is 4.39 Å². The Kier molecular flexibility index (Phi) is 3.60. The number of hydrogen-bond donors (Lipinski definition) is 1. The normalized spacial score (nSPS) is 21.1. The minimum Gasteiger partial charge on any atom is -0.491 e. The number of benzene rings is 2. The van der Waals surface area contributed by atoms with Crippen molar-refractivity contribution in [2.45, 2.75) is 38.4 Å². The minimum atomic E-state index is -0.632. The van der Waals surface area contributed by atoms with Gasteiger partial charge in [0, 0.05) is 12.1 Å². The highest BCUT2D eigenvalue weighted by Crippen LogP contribution is 2.38. The lowest BCUT2D eigenvalue weighted by Gasteiger charge is -2.29. The van der Waals surface area contributed by atoms with Crippen molar-refractivity contribution in [2.75, 3.05) is 12.3 Å². The van der Waals surface area contributed by atoms with Crippen LogP contribution in [0.1, 0.15) is 24.8 Å². The first-order valence-electron chi connectivity index (χ1n) is 10.1. The van der Waals surface area contributed by atoms with Crippen LogP contribution < -0.4 is 10.5 Å². The van der Waals surface area contributed by atoms with Gasteiger partial charge in [-0.1, -0.05) is 0 Å². The van der Waals surface area contributed by atoms with E-state index in [1.807, 2.05) is 18.2 Å². The second-order valence-electron chi connectivity index (χ2n) is 8.12. The standard InChI is InChI=1S/C22H21FN4O2/c23-15-7-12(8-15)6-13-9-17-20-19(10-13)28-5-1-4-27(20)21(25-17)14-2-3-18-16(11-14)26-22(24)29-18/h2-3,9-12,15H,1,4-8H2,(H2,24,26). The largest absolute Gasteiger partial charge is 0.491 e. The van der Waals surface area contributed by atoms with Gasteiger partial charge in [0.1, 0.15) is 28.8 Å². The molecule has 3 heterocycles. The summed E-state index contributed by atoms with van der Waals surface area (Å²) in [6.45, 7) is 1.51. The molecule has 6 rings (SSSR count). The van der Waals surface area contributed by atoms with Crippen molar-refractivity contribution < 1.29 is 13.5 Å². The van der Waals surface area contributed by atoms with Crippen LogP contribution in [0.3, 0.4) is 0 Å².